The molecule has 6 heteroatoms. The summed E-state index contributed by atoms with van der Waals surface area (Å²) in [4.78, 5) is 25.9. The van der Waals surface area contributed by atoms with Crippen LogP contribution in [0.3, 0.4) is 0 Å². The van der Waals surface area contributed by atoms with Crippen molar-refractivity contribution in [2.45, 2.75) is 38.8 Å². The van der Waals surface area contributed by atoms with E-state index in [1.165, 1.54) is 16.2 Å². The van der Waals surface area contributed by atoms with Gasteiger partial charge in [0, 0.05) is 7.05 Å². The van der Waals surface area contributed by atoms with Crippen molar-refractivity contribution in [3.05, 3.63) is 22.4 Å². The van der Waals surface area contributed by atoms with Gasteiger partial charge in [0.05, 0.1) is 22.6 Å². The van der Waals surface area contributed by atoms with Crippen LogP contribution in [0, 0.1) is 0 Å². The number of amides is 2. The third-order valence-electron chi connectivity index (χ3n) is 3.44. The molecular weight excluding hydrogens is 276 g/mol. The molecule has 112 valence electrons. The summed E-state index contributed by atoms with van der Waals surface area (Å²) in [5.74, 6) is -0.485. The van der Waals surface area contributed by atoms with Gasteiger partial charge in [-0.05, 0) is 39.1 Å². The Labute approximate surface area is 123 Å². The second-order valence-electron chi connectivity index (χ2n) is 5.87. The fourth-order valence-electron chi connectivity index (χ4n) is 1.42. The molecule has 0 spiro atoms. The van der Waals surface area contributed by atoms with E-state index >= 15 is 0 Å². The summed E-state index contributed by atoms with van der Waals surface area (Å²) in [5.41, 5.74) is -1.84. The second-order valence-corrected chi connectivity index (χ2v) is 6.82. The molecule has 0 aliphatic heterocycles. The SMILES string of the molecule is CN(CC(=O)NC(C)(C)C(C)(C)O)C(=O)c1cccs1. The Morgan fingerprint density at radius 2 is 1.95 bits per heavy atom. The number of carbonyl (C=O) groups excluding carboxylic acids is 2. The van der Waals surface area contributed by atoms with Gasteiger partial charge in [-0.25, -0.2) is 0 Å². The van der Waals surface area contributed by atoms with E-state index < -0.39 is 11.1 Å². The highest BCUT2D eigenvalue weighted by molar-refractivity contribution is 7.12. The van der Waals surface area contributed by atoms with Gasteiger partial charge in [0.2, 0.25) is 5.91 Å². The van der Waals surface area contributed by atoms with E-state index in [-0.39, 0.29) is 18.4 Å². The fraction of sp³-hybridized carbons (Fsp3) is 0.571. The lowest BCUT2D eigenvalue weighted by atomic mass is 9.86. The molecule has 0 saturated carbocycles. The van der Waals surface area contributed by atoms with Crippen LogP contribution in [-0.4, -0.2) is 46.6 Å². The first-order chi connectivity index (χ1) is 9.04. The molecule has 0 saturated heterocycles. The average molecular weight is 298 g/mol. The first-order valence-electron chi connectivity index (χ1n) is 6.37. The first-order valence-corrected chi connectivity index (χ1v) is 7.25. The molecule has 0 fully saturated rings. The summed E-state index contributed by atoms with van der Waals surface area (Å²) in [7, 11) is 1.58. The number of nitrogens with zero attached hydrogens (tertiary/aromatic N) is 1. The van der Waals surface area contributed by atoms with Crippen LogP contribution in [-0.2, 0) is 4.79 Å². The van der Waals surface area contributed by atoms with Crippen LogP contribution in [0.15, 0.2) is 17.5 Å². The lowest BCUT2D eigenvalue weighted by molar-refractivity contribution is -0.126. The zero-order valence-corrected chi connectivity index (χ0v) is 13.4. The highest BCUT2D eigenvalue weighted by Gasteiger charge is 2.36. The Morgan fingerprint density at radius 1 is 1.35 bits per heavy atom. The van der Waals surface area contributed by atoms with E-state index in [0.717, 1.165) is 0 Å². The summed E-state index contributed by atoms with van der Waals surface area (Å²) >= 11 is 1.34. The molecule has 2 amide bonds. The van der Waals surface area contributed by atoms with Crippen LogP contribution in [0.1, 0.15) is 37.4 Å². The number of likely N-dealkylation sites (N-methyl/N-ethyl adjacent to an activating group) is 1. The van der Waals surface area contributed by atoms with Crippen molar-refractivity contribution in [2.24, 2.45) is 0 Å². The van der Waals surface area contributed by atoms with Crippen molar-refractivity contribution in [3.63, 3.8) is 0 Å². The van der Waals surface area contributed by atoms with Crippen LogP contribution in [0.2, 0.25) is 0 Å². The maximum Gasteiger partial charge on any atom is 0.264 e. The third kappa shape index (κ3) is 4.05. The molecule has 0 aromatic carbocycles. The van der Waals surface area contributed by atoms with Gasteiger partial charge in [-0.1, -0.05) is 6.07 Å². The first kappa shape index (κ1) is 16.7. The minimum atomic E-state index is -1.06. The molecule has 1 aromatic heterocycles. The van der Waals surface area contributed by atoms with Gasteiger partial charge in [-0.3, -0.25) is 9.59 Å². The van der Waals surface area contributed by atoms with Gasteiger partial charge < -0.3 is 15.3 Å². The van der Waals surface area contributed by atoms with E-state index in [2.05, 4.69) is 5.32 Å². The number of carbonyl (C=O) groups is 2. The Kier molecular flexibility index (Phi) is 4.94. The molecule has 0 atom stereocenters. The quantitative estimate of drug-likeness (QED) is 0.865. The van der Waals surface area contributed by atoms with E-state index in [4.69, 9.17) is 0 Å². The Hall–Kier alpha value is -1.40. The van der Waals surface area contributed by atoms with Crippen LogP contribution >= 0.6 is 11.3 Å². The molecule has 2 N–H and O–H groups in total. The number of rotatable bonds is 5. The molecular formula is C14H22N2O3S. The van der Waals surface area contributed by atoms with Crippen molar-refractivity contribution in [1.82, 2.24) is 10.2 Å². The molecule has 1 heterocycles. The van der Waals surface area contributed by atoms with Crippen molar-refractivity contribution >= 4 is 23.2 Å². The highest BCUT2D eigenvalue weighted by atomic mass is 32.1. The van der Waals surface area contributed by atoms with Crippen LogP contribution in [0.25, 0.3) is 0 Å². The Balaban J connectivity index is 2.61. The lowest BCUT2D eigenvalue weighted by Gasteiger charge is -2.38. The molecule has 1 rings (SSSR count). The number of hydrogen-bond donors (Lipinski definition) is 2. The smallest absolute Gasteiger partial charge is 0.264 e. The van der Waals surface area contributed by atoms with E-state index in [1.54, 1.807) is 46.9 Å². The number of nitrogens with one attached hydrogen (secondary N) is 1. The topological polar surface area (TPSA) is 69.6 Å². The summed E-state index contributed by atoms with van der Waals surface area (Å²) in [6, 6.07) is 3.52. The lowest BCUT2D eigenvalue weighted by Crippen LogP contribution is -2.59. The average Bonchev–Trinajstić information content (AvgIpc) is 2.78. The van der Waals surface area contributed by atoms with Crippen molar-refractivity contribution in [1.29, 1.82) is 0 Å². The minimum Gasteiger partial charge on any atom is -0.388 e. The standard InChI is InChI=1S/C14H22N2O3S/c1-13(2,14(3,4)19)15-11(17)9-16(5)12(18)10-7-6-8-20-10/h6-8,19H,9H2,1-5H3,(H,15,17). The van der Waals surface area contributed by atoms with Crippen molar-refractivity contribution in [2.75, 3.05) is 13.6 Å². The Bertz CT molecular complexity index is 475. The number of aliphatic hydroxyl groups is 1. The predicted molar refractivity (Wildman–Crippen MR) is 79.8 cm³/mol. The summed E-state index contributed by atoms with van der Waals surface area (Å²) in [6.07, 6.45) is 0. The predicted octanol–water partition coefficient (Wildman–Crippen LogP) is 1.49. The monoisotopic (exact) mass is 298 g/mol. The third-order valence-corrected chi connectivity index (χ3v) is 4.30. The molecule has 5 nitrogen and oxygen atoms in total. The molecule has 0 aliphatic rings. The van der Waals surface area contributed by atoms with Gasteiger partial charge in [0.1, 0.15) is 0 Å². The maximum absolute atomic E-state index is 12.0. The van der Waals surface area contributed by atoms with Crippen LogP contribution in [0.4, 0.5) is 0 Å². The van der Waals surface area contributed by atoms with Gasteiger partial charge in [0.15, 0.2) is 0 Å². The largest absolute Gasteiger partial charge is 0.388 e. The van der Waals surface area contributed by atoms with E-state index in [1.807, 2.05) is 5.38 Å². The van der Waals surface area contributed by atoms with Gasteiger partial charge >= 0.3 is 0 Å². The molecule has 0 aliphatic carbocycles. The molecule has 0 bridgehead atoms. The van der Waals surface area contributed by atoms with Crippen molar-refractivity contribution in [3.8, 4) is 0 Å². The zero-order valence-electron chi connectivity index (χ0n) is 12.6. The van der Waals surface area contributed by atoms with Crippen LogP contribution < -0.4 is 5.32 Å². The normalized spacial score (nSPS) is 12.1. The number of thiophene rings is 1. The highest BCUT2D eigenvalue weighted by Crippen LogP contribution is 2.20. The second kappa shape index (κ2) is 5.93. The van der Waals surface area contributed by atoms with Gasteiger partial charge in [-0.15, -0.1) is 11.3 Å². The molecule has 20 heavy (non-hydrogen) atoms. The summed E-state index contributed by atoms with van der Waals surface area (Å²) in [6.45, 7) is 6.70. The van der Waals surface area contributed by atoms with Crippen LogP contribution in [0.5, 0.6) is 0 Å². The summed E-state index contributed by atoms with van der Waals surface area (Å²) < 4.78 is 0. The van der Waals surface area contributed by atoms with E-state index in [9.17, 15) is 14.7 Å². The molecule has 1 aromatic rings. The maximum atomic E-state index is 12.0. The minimum absolute atomic E-state index is 0.0454. The van der Waals surface area contributed by atoms with Gasteiger partial charge in [0.25, 0.3) is 5.91 Å². The Morgan fingerprint density at radius 3 is 2.40 bits per heavy atom. The summed E-state index contributed by atoms with van der Waals surface area (Å²) in [5, 5.41) is 14.6. The fourth-order valence-corrected chi connectivity index (χ4v) is 2.13. The molecule has 0 radical (unpaired) electrons. The number of hydrogen-bond acceptors (Lipinski definition) is 4. The van der Waals surface area contributed by atoms with E-state index in [0.29, 0.717) is 4.88 Å². The zero-order chi connectivity index (χ0) is 15.6. The molecule has 0 unspecified atom stereocenters. The van der Waals surface area contributed by atoms with Crippen molar-refractivity contribution < 1.29 is 14.7 Å². The van der Waals surface area contributed by atoms with Gasteiger partial charge in [-0.2, -0.15) is 0 Å².